The Morgan fingerprint density at radius 2 is 1.81 bits per heavy atom. The van der Waals surface area contributed by atoms with Crippen molar-refractivity contribution in [2.45, 2.75) is 23.0 Å². The van der Waals surface area contributed by atoms with E-state index in [4.69, 9.17) is 0 Å². The van der Waals surface area contributed by atoms with E-state index in [-0.39, 0.29) is 0 Å². The number of thioether (sulfide) groups is 2. The lowest BCUT2D eigenvalue weighted by Crippen LogP contribution is -2.48. The monoisotopic (exact) mass is 256 g/mol. The summed E-state index contributed by atoms with van der Waals surface area (Å²) in [5.74, 6) is 1.13. The maximum absolute atomic E-state index is 10.6. The molecule has 0 amide bonds. The van der Waals surface area contributed by atoms with Crippen molar-refractivity contribution in [2.75, 3.05) is 17.8 Å². The Balaban J connectivity index is 2.35. The molecule has 1 aliphatic rings. The SMILES string of the molecule is CSc1ccc(C2(O)CSCC2(C)O)cc1. The zero-order valence-electron chi connectivity index (χ0n) is 9.43. The Hall–Kier alpha value is -0.160. The van der Waals surface area contributed by atoms with Crippen LogP contribution in [-0.4, -0.2) is 33.6 Å². The second-order valence-electron chi connectivity index (χ2n) is 4.36. The fourth-order valence-corrected chi connectivity index (χ4v) is 3.85. The van der Waals surface area contributed by atoms with E-state index in [1.807, 2.05) is 30.5 Å². The van der Waals surface area contributed by atoms with Gasteiger partial charge in [0, 0.05) is 16.4 Å². The molecule has 0 spiro atoms. The van der Waals surface area contributed by atoms with Gasteiger partial charge >= 0.3 is 0 Å². The average Bonchev–Trinajstić information content (AvgIpc) is 2.55. The molecule has 0 bridgehead atoms. The second-order valence-corrected chi connectivity index (χ2v) is 6.22. The average molecular weight is 256 g/mol. The van der Waals surface area contributed by atoms with Gasteiger partial charge in [0.2, 0.25) is 0 Å². The summed E-state index contributed by atoms with van der Waals surface area (Å²) >= 11 is 3.26. The maximum Gasteiger partial charge on any atom is 0.128 e. The van der Waals surface area contributed by atoms with Crippen molar-refractivity contribution in [1.82, 2.24) is 0 Å². The molecule has 2 rings (SSSR count). The molecule has 0 saturated carbocycles. The third-order valence-corrected chi connectivity index (χ3v) is 5.28. The quantitative estimate of drug-likeness (QED) is 0.795. The van der Waals surface area contributed by atoms with Crippen LogP contribution in [0.3, 0.4) is 0 Å². The van der Waals surface area contributed by atoms with Crippen molar-refractivity contribution in [1.29, 1.82) is 0 Å². The van der Waals surface area contributed by atoms with Crippen LogP contribution in [0.2, 0.25) is 0 Å². The highest BCUT2D eigenvalue weighted by atomic mass is 32.2. The maximum atomic E-state index is 10.6. The number of benzene rings is 1. The summed E-state index contributed by atoms with van der Waals surface area (Å²) in [6, 6.07) is 7.78. The zero-order valence-corrected chi connectivity index (χ0v) is 11.1. The van der Waals surface area contributed by atoms with Crippen molar-refractivity contribution in [3.05, 3.63) is 29.8 Å². The normalized spacial score (nSPS) is 34.2. The molecule has 2 atom stereocenters. The molecule has 1 saturated heterocycles. The highest BCUT2D eigenvalue weighted by Crippen LogP contribution is 2.44. The van der Waals surface area contributed by atoms with Gasteiger partial charge in [-0.1, -0.05) is 12.1 Å². The molecule has 2 N–H and O–H groups in total. The van der Waals surface area contributed by atoms with Gasteiger partial charge in [0.1, 0.15) is 11.2 Å². The Morgan fingerprint density at radius 1 is 1.19 bits per heavy atom. The Bertz CT molecular complexity index is 375. The molecule has 88 valence electrons. The van der Waals surface area contributed by atoms with Crippen LogP contribution in [0, 0.1) is 0 Å². The summed E-state index contributed by atoms with van der Waals surface area (Å²) in [5.41, 5.74) is -1.35. The van der Waals surface area contributed by atoms with E-state index in [0.29, 0.717) is 11.5 Å². The van der Waals surface area contributed by atoms with E-state index >= 15 is 0 Å². The zero-order chi connectivity index (χ0) is 11.8. The largest absolute Gasteiger partial charge is 0.386 e. The van der Waals surface area contributed by atoms with Crippen molar-refractivity contribution in [3.8, 4) is 0 Å². The first-order valence-corrected chi connectivity index (χ1v) is 7.54. The van der Waals surface area contributed by atoms with Crippen molar-refractivity contribution in [3.63, 3.8) is 0 Å². The van der Waals surface area contributed by atoms with Crippen LogP contribution in [0.25, 0.3) is 0 Å². The lowest BCUT2D eigenvalue weighted by Gasteiger charge is -2.34. The van der Waals surface area contributed by atoms with Crippen LogP contribution in [0.5, 0.6) is 0 Å². The minimum atomic E-state index is -1.12. The summed E-state index contributed by atoms with van der Waals surface area (Å²) in [7, 11) is 0. The molecular weight excluding hydrogens is 240 g/mol. The first kappa shape index (κ1) is 12.3. The lowest BCUT2D eigenvalue weighted by atomic mass is 9.82. The van der Waals surface area contributed by atoms with Crippen LogP contribution >= 0.6 is 23.5 Å². The van der Waals surface area contributed by atoms with Gasteiger partial charge in [-0.2, -0.15) is 11.8 Å². The molecule has 1 heterocycles. The molecular formula is C12H16O2S2. The number of rotatable bonds is 2. The number of aliphatic hydroxyl groups is 2. The smallest absolute Gasteiger partial charge is 0.128 e. The summed E-state index contributed by atoms with van der Waals surface area (Å²) in [6.07, 6.45) is 2.02. The van der Waals surface area contributed by atoms with Gasteiger partial charge < -0.3 is 10.2 Å². The van der Waals surface area contributed by atoms with Gasteiger partial charge in [-0.05, 0) is 30.9 Å². The summed E-state index contributed by atoms with van der Waals surface area (Å²) in [4.78, 5) is 1.16. The van der Waals surface area contributed by atoms with Crippen molar-refractivity contribution < 1.29 is 10.2 Å². The van der Waals surface area contributed by atoms with Crippen molar-refractivity contribution >= 4 is 23.5 Å². The van der Waals surface area contributed by atoms with E-state index in [9.17, 15) is 10.2 Å². The molecule has 0 aromatic heterocycles. The third kappa shape index (κ3) is 1.88. The number of hydrogen-bond acceptors (Lipinski definition) is 4. The summed E-state index contributed by atoms with van der Waals surface area (Å²) < 4.78 is 0. The summed E-state index contributed by atoms with van der Waals surface area (Å²) in [5, 5.41) is 20.8. The predicted molar refractivity (Wildman–Crippen MR) is 70.1 cm³/mol. The summed E-state index contributed by atoms with van der Waals surface area (Å²) in [6.45, 7) is 1.70. The highest BCUT2D eigenvalue weighted by molar-refractivity contribution is 7.99. The van der Waals surface area contributed by atoms with Gasteiger partial charge in [-0.15, -0.1) is 11.8 Å². The molecule has 2 unspecified atom stereocenters. The van der Waals surface area contributed by atoms with Gasteiger partial charge in [-0.25, -0.2) is 0 Å². The molecule has 1 aliphatic heterocycles. The minimum absolute atomic E-state index is 0.554. The fraction of sp³-hybridized carbons (Fsp3) is 0.500. The molecule has 1 aromatic rings. The van der Waals surface area contributed by atoms with Crippen LogP contribution in [0.1, 0.15) is 12.5 Å². The first-order valence-electron chi connectivity index (χ1n) is 5.17. The minimum Gasteiger partial charge on any atom is -0.386 e. The first-order chi connectivity index (χ1) is 7.49. The Labute approximate surface area is 104 Å². The van der Waals surface area contributed by atoms with Gasteiger partial charge in [0.15, 0.2) is 0 Å². The number of hydrogen-bond donors (Lipinski definition) is 2. The van der Waals surface area contributed by atoms with Crippen LogP contribution in [0.4, 0.5) is 0 Å². The Morgan fingerprint density at radius 3 is 2.25 bits per heavy atom. The lowest BCUT2D eigenvalue weighted by molar-refractivity contribution is -0.111. The molecule has 16 heavy (non-hydrogen) atoms. The second kappa shape index (κ2) is 4.26. The van der Waals surface area contributed by atoms with E-state index in [1.54, 1.807) is 30.4 Å². The van der Waals surface area contributed by atoms with E-state index in [0.717, 1.165) is 10.5 Å². The van der Waals surface area contributed by atoms with Crippen LogP contribution in [-0.2, 0) is 5.60 Å². The predicted octanol–water partition coefficient (Wildman–Crippen LogP) is 2.09. The Kier molecular flexibility index (Phi) is 3.27. The van der Waals surface area contributed by atoms with Gasteiger partial charge in [0.25, 0.3) is 0 Å². The van der Waals surface area contributed by atoms with Gasteiger partial charge in [0.05, 0.1) is 0 Å². The van der Waals surface area contributed by atoms with E-state index in [1.165, 1.54) is 0 Å². The fourth-order valence-electron chi connectivity index (χ4n) is 1.93. The third-order valence-electron chi connectivity index (χ3n) is 3.15. The molecule has 2 nitrogen and oxygen atoms in total. The van der Waals surface area contributed by atoms with Crippen molar-refractivity contribution in [2.24, 2.45) is 0 Å². The standard InChI is InChI=1S/C12H16O2S2/c1-11(13)7-16-8-12(11,14)9-3-5-10(15-2)6-4-9/h3-6,13-14H,7-8H2,1-2H3. The van der Waals surface area contributed by atoms with Gasteiger partial charge in [-0.3, -0.25) is 0 Å². The molecule has 1 fully saturated rings. The molecule has 4 heteroatoms. The molecule has 0 aliphatic carbocycles. The highest BCUT2D eigenvalue weighted by Gasteiger charge is 2.51. The molecule has 1 aromatic carbocycles. The van der Waals surface area contributed by atoms with E-state index < -0.39 is 11.2 Å². The van der Waals surface area contributed by atoms with E-state index in [2.05, 4.69) is 0 Å². The topological polar surface area (TPSA) is 40.5 Å². The van der Waals surface area contributed by atoms with Crippen LogP contribution < -0.4 is 0 Å². The molecule has 0 radical (unpaired) electrons. The van der Waals surface area contributed by atoms with Crippen LogP contribution in [0.15, 0.2) is 29.2 Å².